The molecule has 0 saturated heterocycles. The zero-order chi connectivity index (χ0) is 32.6. The van der Waals surface area contributed by atoms with Gasteiger partial charge in [-0.05, 0) is 108 Å². The van der Waals surface area contributed by atoms with Gasteiger partial charge in [0.1, 0.15) is 11.2 Å². The van der Waals surface area contributed by atoms with Crippen LogP contribution in [0, 0.1) is 0 Å². The minimum Gasteiger partial charge on any atom is -0.455 e. The second kappa shape index (κ2) is 12.2. The van der Waals surface area contributed by atoms with Crippen molar-refractivity contribution in [2.24, 2.45) is 0 Å². The van der Waals surface area contributed by atoms with Crippen LogP contribution in [-0.4, -0.2) is 0 Å². The molecule has 0 aliphatic heterocycles. The summed E-state index contributed by atoms with van der Waals surface area (Å²) in [6, 6.07) is 68.5. The third-order valence-corrected chi connectivity index (χ3v) is 9.23. The molecule has 0 N–H and O–H groups in total. The molecule has 9 rings (SSSR count). The lowest BCUT2D eigenvalue weighted by molar-refractivity contribution is 0.672. The van der Waals surface area contributed by atoms with Gasteiger partial charge in [0.25, 0.3) is 0 Å². The molecule has 8 aromatic carbocycles. The number of hydrogen-bond donors (Lipinski definition) is 0. The molecule has 1 heterocycles. The van der Waals surface area contributed by atoms with Crippen molar-refractivity contribution in [3.8, 4) is 11.1 Å². The van der Waals surface area contributed by atoms with Crippen LogP contribution in [0.4, 0.5) is 34.1 Å². The topological polar surface area (TPSA) is 19.6 Å². The highest BCUT2D eigenvalue weighted by Crippen LogP contribution is 2.40. The molecule has 3 nitrogen and oxygen atoms in total. The van der Waals surface area contributed by atoms with Crippen LogP contribution in [0.3, 0.4) is 0 Å². The fourth-order valence-electron chi connectivity index (χ4n) is 6.86. The first-order valence-electron chi connectivity index (χ1n) is 16.6. The highest BCUT2D eigenvalue weighted by atomic mass is 16.3. The second-order valence-electron chi connectivity index (χ2n) is 12.2. The number of hydrogen-bond acceptors (Lipinski definition) is 3. The van der Waals surface area contributed by atoms with Crippen LogP contribution in [0.2, 0.25) is 0 Å². The average molecular weight is 629 g/mol. The molecule has 9 aromatic rings. The van der Waals surface area contributed by atoms with Gasteiger partial charge in [-0.1, -0.05) is 103 Å². The predicted octanol–water partition coefficient (Wildman–Crippen LogP) is 13.3. The van der Waals surface area contributed by atoms with E-state index in [9.17, 15) is 0 Å². The van der Waals surface area contributed by atoms with Gasteiger partial charge in [0.2, 0.25) is 0 Å². The molecule has 0 aliphatic carbocycles. The molecule has 0 unspecified atom stereocenters. The lowest BCUT2D eigenvalue weighted by Gasteiger charge is -2.28. The zero-order valence-electron chi connectivity index (χ0n) is 26.8. The van der Waals surface area contributed by atoms with E-state index in [1.54, 1.807) is 0 Å². The molecule has 0 atom stereocenters. The van der Waals surface area contributed by atoms with Crippen molar-refractivity contribution in [1.82, 2.24) is 0 Å². The average Bonchev–Trinajstić information content (AvgIpc) is 3.56. The molecule has 3 heteroatoms. The number of rotatable bonds is 7. The van der Waals surface area contributed by atoms with E-state index in [-0.39, 0.29) is 0 Å². The molecular weight excluding hydrogens is 597 g/mol. The van der Waals surface area contributed by atoms with E-state index in [0.29, 0.717) is 0 Å². The van der Waals surface area contributed by atoms with Crippen LogP contribution in [0.5, 0.6) is 0 Å². The van der Waals surface area contributed by atoms with Crippen molar-refractivity contribution in [3.05, 3.63) is 194 Å². The summed E-state index contributed by atoms with van der Waals surface area (Å²) in [5.41, 5.74) is 10.8. The molecule has 0 amide bonds. The minimum absolute atomic E-state index is 0.906. The van der Waals surface area contributed by atoms with E-state index in [1.165, 1.54) is 5.39 Å². The molecule has 0 saturated carbocycles. The predicted molar refractivity (Wildman–Crippen MR) is 206 cm³/mol. The Morgan fingerprint density at radius 1 is 0.306 bits per heavy atom. The molecule has 0 radical (unpaired) electrons. The van der Waals surface area contributed by atoms with E-state index < -0.39 is 0 Å². The number of furan rings is 1. The van der Waals surface area contributed by atoms with E-state index in [0.717, 1.165) is 72.6 Å². The van der Waals surface area contributed by atoms with Crippen LogP contribution in [0.15, 0.2) is 199 Å². The Bertz CT molecular complexity index is 2480. The first-order chi connectivity index (χ1) is 24.3. The molecule has 0 fully saturated rings. The highest BCUT2D eigenvalue weighted by molar-refractivity contribution is 6.15. The Morgan fingerprint density at radius 3 is 1.31 bits per heavy atom. The van der Waals surface area contributed by atoms with E-state index in [4.69, 9.17) is 4.42 Å². The van der Waals surface area contributed by atoms with E-state index >= 15 is 0 Å². The Hall–Kier alpha value is -6.58. The van der Waals surface area contributed by atoms with Crippen LogP contribution in [0.25, 0.3) is 43.8 Å². The zero-order valence-corrected chi connectivity index (χ0v) is 26.8. The minimum atomic E-state index is 0.906. The second-order valence-corrected chi connectivity index (χ2v) is 12.2. The van der Waals surface area contributed by atoms with Gasteiger partial charge in [-0.25, -0.2) is 0 Å². The summed E-state index contributed by atoms with van der Waals surface area (Å²) in [7, 11) is 0. The van der Waals surface area contributed by atoms with Gasteiger partial charge in [0.05, 0.1) is 0 Å². The Kier molecular flexibility index (Phi) is 7.14. The fourth-order valence-corrected chi connectivity index (χ4v) is 6.86. The maximum atomic E-state index is 6.37. The smallest absolute Gasteiger partial charge is 0.143 e. The molecular formula is C46H32N2O. The monoisotopic (exact) mass is 628 g/mol. The van der Waals surface area contributed by atoms with Crippen LogP contribution >= 0.6 is 0 Å². The van der Waals surface area contributed by atoms with E-state index in [1.807, 2.05) is 0 Å². The van der Waals surface area contributed by atoms with Gasteiger partial charge < -0.3 is 14.2 Å². The van der Waals surface area contributed by atoms with Gasteiger partial charge in [-0.15, -0.1) is 0 Å². The summed E-state index contributed by atoms with van der Waals surface area (Å²) in [6.07, 6.45) is 0. The number of benzene rings is 8. The largest absolute Gasteiger partial charge is 0.455 e. The van der Waals surface area contributed by atoms with Crippen LogP contribution in [0.1, 0.15) is 0 Å². The number of fused-ring (bicyclic) bond motifs is 5. The highest BCUT2D eigenvalue weighted by Gasteiger charge is 2.16. The van der Waals surface area contributed by atoms with Gasteiger partial charge >= 0.3 is 0 Å². The Balaban J connectivity index is 1.07. The normalized spacial score (nSPS) is 11.3. The van der Waals surface area contributed by atoms with Crippen molar-refractivity contribution in [1.29, 1.82) is 0 Å². The summed E-state index contributed by atoms with van der Waals surface area (Å²) in [4.78, 5) is 4.59. The van der Waals surface area contributed by atoms with Gasteiger partial charge in [-0.3, -0.25) is 0 Å². The van der Waals surface area contributed by atoms with Crippen molar-refractivity contribution in [2.45, 2.75) is 0 Å². The lowest BCUT2D eigenvalue weighted by atomic mass is 10.0. The maximum Gasteiger partial charge on any atom is 0.143 e. The summed E-state index contributed by atoms with van der Waals surface area (Å²) in [5.74, 6) is 0. The van der Waals surface area contributed by atoms with Gasteiger partial charge in [0.15, 0.2) is 0 Å². The summed E-state index contributed by atoms with van der Waals surface area (Å²) in [5, 5.41) is 4.61. The SMILES string of the molecule is c1ccc(N(c2ccccc2)c2ccc(N(c3ccccc3)c3ccc(-c4ccc5oc6c7ccccc7ccc6c5c4)cc3)cc2)cc1. The third kappa shape index (κ3) is 5.28. The third-order valence-electron chi connectivity index (χ3n) is 9.23. The molecule has 1 aromatic heterocycles. The molecule has 0 bridgehead atoms. The fraction of sp³-hybridized carbons (Fsp3) is 0. The Labute approximate surface area is 285 Å². The summed E-state index contributed by atoms with van der Waals surface area (Å²) in [6.45, 7) is 0. The molecule has 49 heavy (non-hydrogen) atoms. The van der Waals surface area contributed by atoms with E-state index in [2.05, 4.69) is 204 Å². The molecule has 0 aliphatic rings. The van der Waals surface area contributed by atoms with Gasteiger partial charge in [-0.2, -0.15) is 0 Å². The molecule has 232 valence electrons. The lowest BCUT2D eigenvalue weighted by Crippen LogP contribution is -2.12. The Morgan fingerprint density at radius 2 is 0.755 bits per heavy atom. The number of para-hydroxylation sites is 3. The van der Waals surface area contributed by atoms with Crippen molar-refractivity contribution in [3.63, 3.8) is 0 Å². The quantitative estimate of drug-likeness (QED) is 0.175. The maximum absolute atomic E-state index is 6.37. The number of nitrogens with zero attached hydrogens (tertiary/aromatic N) is 2. The molecule has 0 spiro atoms. The first-order valence-corrected chi connectivity index (χ1v) is 16.6. The van der Waals surface area contributed by atoms with Crippen molar-refractivity contribution < 1.29 is 4.42 Å². The van der Waals surface area contributed by atoms with Crippen molar-refractivity contribution >= 4 is 66.8 Å². The summed E-state index contributed by atoms with van der Waals surface area (Å²) < 4.78 is 6.37. The van der Waals surface area contributed by atoms with Gasteiger partial charge in [0, 0.05) is 50.3 Å². The van der Waals surface area contributed by atoms with Crippen LogP contribution < -0.4 is 9.80 Å². The first kappa shape index (κ1) is 28.6. The summed E-state index contributed by atoms with van der Waals surface area (Å²) >= 11 is 0. The standard InChI is InChI=1S/C46H32N2O/c1-4-13-36(14-5-1)47(37-15-6-2-7-16-37)40-26-28-41(29-27-40)48(38-17-8-3-9-18-38)39-24-20-33(21-25-39)35-23-31-45-44(32-35)43-30-22-34-12-10-11-19-42(34)46(43)49-45/h1-32H. The number of anilines is 6. The van der Waals surface area contributed by atoms with Crippen LogP contribution in [-0.2, 0) is 0 Å². The van der Waals surface area contributed by atoms with Crippen molar-refractivity contribution in [2.75, 3.05) is 9.80 Å².